The summed E-state index contributed by atoms with van der Waals surface area (Å²) in [5, 5.41) is 2.94. The lowest BCUT2D eigenvalue weighted by atomic mass is 9.89. The second-order valence-corrected chi connectivity index (χ2v) is 6.06. The molecule has 1 aliphatic heterocycles. The first kappa shape index (κ1) is 16.2. The molecule has 0 saturated carbocycles. The minimum atomic E-state index is -0.140. The van der Waals surface area contributed by atoms with Crippen molar-refractivity contribution in [1.29, 1.82) is 0 Å². The molecule has 0 fully saturated rings. The molecule has 1 unspecified atom stereocenters. The van der Waals surface area contributed by atoms with E-state index < -0.39 is 0 Å². The zero-order valence-corrected chi connectivity index (χ0v) is 13.9. The van der Waals surface area contributed by atoms with Gasteiger partial charge in [0.1, 0.15) is 0 Å². The summed E-state index contributed by atoms with van der Waals surface area (Å²) in [5.74, 6) is -0.0575. The van der Waals surface area contributed by atoms with Gasteiger partial charge in [-0.2, -0.15) is 0 Å². The number of fused-ring (bicyclic) bond motifs is 1. The zero-order valence-electron chi connectivity index (χ0n) is 13.9. The minimum Gasteiger partial charge on any atom is -0.326 e. The predicted octanol–water partition coefficient (Wildman–Crippen LogP) is 3.63. The summed E-state index contributed by atoms with van der Waals surface area (Å²) in [7, 11) is 0. The second kappa shape index (κ2) is 7.30. The van der Waals surface area contributed by atoms with E-state index in [1.165, 1.54) is 0 Å². The lowest BCUT2D eigenvalue weighted by Gasteiger charge is -2.26. The van der Waals surface area contributed by atoms with Gasteiger partial charge in [0, 0.05) is 30.3 Å². The highest BCUT2D eigenvalue weighted by Crippen LogP contribution is 2.28. The fourth-order valence-electron chi connectivity index (χ4n) is 3.19. The molecule has 1 N–H and O–H groups in total. The summed E-state index contributed by atoms with van der Waals surface area (Å²) in [4.78, 5) is 26.6. The molecule has 1 heterocycles. The molecule has 0 radical (unpaired) electrons. The van der Waals surface area contributed by atoms with E-state index in [-0.39, 0.29) is 17.7 Å². The Kier molecular flexibility index (Phi) is 4.94. The largest absolute Gasteiger partial charge is 0.326 e. The van der Waals surface area contributed by atoms with Crippen LogP contribution in [-0.2, 0) is 16.0 Å². The summed E-state index contributed by atoms with van der Waals surface area (Å²) < 4.78 is 0. The first-order valence-corrected chi connectivity index (χ1v) is 8.43. The number of para-hydroxylation sites is 2. The van der Waals surface area contributed by atoms with Crippen molar-refractivity contribution in [2.24, 2.45) is 5.92 Å². The van der Waals surface area contributed by atoms with Crippen LogP contribution in [0.3, 0.4) is 0 Å². The molecule has 4 nitrogen and oxygen atoms in total. The monoisotopic (exact) mass is 322 g/mol. The summed E-state index contributed by atoms with van der Waals surface area (Å²) in [5.41, 5.74) is 2.94. The van der Waals surface area contributed by atoms with E-state index in [9.17, 15) is 9.59 Å². The third kappa shape index (κ3) is 3.48. The molecule has 2 aromatic rings. The molecule has 2 aromatic carbocycles. The SMILES string of the molecule is CCN(C(=O)CCC1Cc2ccccc2NC1=O)c1ccccc1. The van der Waals surface area contributed by atoms with Crippen LogP contribution < -0.4 is 10.2 Å². The van der Waals surface area contributed by atoms with E-state index in [2.05, 4.69) is 5.32 Å². The molecule has 4 heteroatoms. The van der Waals surface area contributed by atoms with Crippen LogP contribution in [0.25, 0.3) is 0 Å². The van der Waals surface area contributed by atoms with Crippen molar-refractivity contribution in [2.45, 2.75) is 26.2 Å². The van der Waals surface area contributed by atoms with E-state index in [0.717, 1.165) is 16.9 Å². The lowest BCUT2D eigenvalue weighted by molar-refractivity contribution is -0.121. The van der Waals surface area contributed by atoms with Gasteiger partial charge in [-0.1, -0.05) is 36.4 Å². The van der Waals surface area contributed by atoms with E-state index in [4.69, 9.17) is 0 Å². The van der Waals surface area contributed by atoms with Crippen LogP contribution in [0.1, 0.15) is 25.3 Å². The van der Waals surface area contributed by atoms with Crippen molar-refractivity contribution >= 4 is 23.2 Å². The molecule has 0 spiro atoms. The van der Waals surface area contributed by atoms with E-state index in [0.29, 0.717) is 25.8 Å². The first-order valence-electron chi connectivity index (χ1n) is 8.43. The number of rotatable bonds is 5. The van der Waals surface area contributed by atoms with Crippen molar-refractivity contribution < 1.29 is 9.59 Å². The molecule has 2 amide bonds. The van der Waals surface area contributed by atoms with Gasteiger partial charge >= 0.3 is 0 Å². The molecule has 124 valence electrons. The number of benzene rings is 2. The molecule has 0 aromatic heterocycles. The number of nitrogens with zero attached hydrogens (tertiary/aromatic N) is 1. The smallest absolute Gasteiger partial charge is 0.227 e. The molecule has 0 aliphatic carbocycles. The van der Waals surface area contributed by atoms with Crippen molar-refractivity contribution in [3.63, 3.8) is 0 Å². The number of carbonyl (C=O) groups is 2. The van der Waals surface area contributed by atoms with Gasteiger partial charge in [-0.25, -0.2) is 0 Å². The predicted molar refractivity (Wildman–Crippen MR) is 96.0 cm³/mol. The Morgan fingerprint density at radius 2 is 1.83 bits per heavy atom. The standard InChI is InChI=1S/C20H22N2O2/c1-2-22(17-9-4-3-5-10-17)19(23)13-12-16-14-15-8-6-7-11-18(15)21-20(16)24/h3-11,16H,2,12-14H2,1H3,(H,21,24). The molecule has 24 heavy (non-hydrogen) atoms. The fraction of sp³-hybridized carbons (Fsp3) is 0.300. The molecule has 0 saturated heterocycles. The maximum atomic E-state index is 12.6. The van der Waals surface area contributed by atoms with Gasteiger partial charge in [-0.15, -0.1) is 0 Å². The van der Waals surface area contributed by atoms with Gasteiger partial charge in [0.05, 0.1) is 0 Å². The van der Waals surface area contributed by atoms with Gasteiger partial charge in [0.2, 0.25) is 11.8 Å². The normalized spacial score (nSPS) is 16.2. The molecular weight excluding hydrogens is 300 g/mol. The van der Waals surface area contributed by atoms with E-state index >= 15 is 0 Å². The van der Waals surface area contributed by atoms with Crippen LogP contribution in [-0.4, -0.2) is 18.4 Å². The molecule has 3 rings (SSSR count). The highest BCUT2D eigenvalue weighted by atomic mass is 16.2. The topological polar surface area (TPSA) is 49.4 Å². The molecule has 1 atom stereocenters. The third-order valence-corrected chi connectivity index (χ3v) is 4.50. The van der Waals surface area contributed by atoms with E-state index in [1.54, 1.807) is 4.90 Å². The van der Waals surface area contributed by atoms with Crippen molar-refractivity contribution in [1.82, 2.24) is 0 Å². The number of amides is 2. The Morgan fingerprint density at radius 3 is 2.58 bits per heavy atom. The Bertz CT molecular complexity index is 727. The lowest BCUT2D eigenvalue weighted by Crippen LogP contribution is -2.34. The van der Waals surface area contributed by atoms with Crippen LogP contribution in [0, 0.1) is 5.92 Å². The summed E-state index contributed by atoms with van der Waals surface area (Å²) >= 11 is 0. The van der Waals surface area contributed by atoms with Crippen molar-refractivity contribution in [3.8, 4) is 0 Å². The Morgan fingerprint density at radius 1 is 1.12 bits per heavy atom. The minimum absolute atomic E-state index is 0.0178. The van der Waals surface area contributed by atoms with Crippen molar-refractivity contribution in [2.75, 3.05) is 16.8 Å². The van der Waals surface area contributed by atoms with Gasteiger partial charge in [-0.05, 0) is 43.5 Å². The van der Waals surface area contributed by atoms with Crippen LogP contribution in [0.4, 0.5) is 11.4 Å². The number of nitrogens with one attached hydrogen (secondary N) is 1. The van der Waals surface area contributed by atoms with Crippen molar-refractivity contribution in [3.05, 3.63) is 60.2 Å². The fourth-order valence-corrected chi connectivity index (χ4v) is 3.19. The number of hydrogen-bond acceptors (Lipinski definition) is 2. The van der Waals surface area contributed by atoms with Gasteiger partial charge < -0.3 is 10.2 Å². The quantitative estimate of drug-likeness (QED) is 0.914. The summed E-state index contributed by atoms with van der Waals surface area (Å²) in [6.45, 7) is 2.59. The van der Waals surface area contributed by atoms with Gasteiger partial charge in [-0.3, -0.25) is 9.59 Å². The summed E-state index contributed by atoms with van der Waals surface area (Å²) in [6.07, 6.45) is 1.65. The highest BCUT2D eigenvalue weighted by molar-refractivity contribution is 5.97. The maximum absolute atomic E-state index is 12.6. The average Bonchev–Trinajstić information content (AvgIpc) is 2.61. The third-order valence-electron chi connectivity index (χ3n) is 4.50. The second-order valence-electron chi connectivity index (χ2n) is 6.06. The van der Waals surface area contributed by atoms with Crippen LogP contribution >= 0.6 is 0 Å². The molecule has 1 aliphatic rings. The Hall–Kier alpha value is -2.62. The Balaban J connectivity index is 1.63. The highest BCUT2D eigenvalue weighted by Gasteiger charge is 2.27. The number of carbonyl (C=O) groups excluding carboxylic acids is 2. The average molecular weight is 322 g/mol. The van der Waals surface area contributed by atoms with Gasteiger partial charge in [0.15, 0.2) is 0 Å². The summed E-state index contributed by atoms with van der Waals surface area (Å²) in [6, 6.07) is 17.5. The Labute approximate surface area is 142 Å². The number of anilines is 2. The van der Waals surface area contributed by atoms with Gasteiger partial charge in [0.25, 0.3) is 0 Å². The number of hydrogen-bond donors (Lipinski definition) is 1. The zero-order chi connectivity index (χ0) is 16.9. The first-order chi connectivity index (χ1) is 11.7. The van der Waals surface area contributed by atoms with Crippen LogP contribution in [0.5, 0.6) is 0 Å². The van der Waals surface area contributed by atoms with Crippen LogP contribution in [0.2, 0.25) is 0 Å². The van der Waals surface area contributed by atoms with Crippen LogP contribution in [0.15, 0.2) is 54.6 Å². The van der Waals surface area contributed by atoms with E-state index in [1.807, 2.05) is 61.5 Å². The molecular formula is C20H22N2O2. The maximum Gasteiger partial charge on any atom is 0.227 e. The molecule has 0 bridgehead atoms.